The number of likely N-dealkylation sites (N-methyl/N-ethyl adjacent to an activating group) is 1. The average Bonchev–Trinajstić information content (AvgIpc) is 3.57. The minimum atomic E-state index is 0.0351. The Morgan fingerprint density at radius 1 is 1.22 bits per heavy atom. The van der Waals surface area contributed by atoms with Crippen LogP contribution in [0.4, 0.5) is 0 Å². The number of ether oxygens (including phenoxy) is 1. The van der Waals surface area contributed by atoms with Gasteiger partial charge in [0.25, 0.3) is 5.91 Å². The number of rotatable bonds is 5. The molecule has 1 amide bonds. The molecule has 0 unspecified atom stereocenters. The van der Waals surface area contributed by atoms with Crippen molar-refractivity contribution in [3.63, 3.8) is 0 Å². The Kier molecular flexibility index (Phi) is 6.26. The Bertz CT molecular complexity index is 1450. The number of aromatic nitrogens is 3. The van der Waals surface area contributed by atoms with E-state index in [0.717, 1.165) is 79.2 Å². The van der Waals surface area contributed by atoms with Crippen molar-refractivity contribution < 1.29 is 9.53 Å². The molecule has 0 radical (unpaired) electrons. The number of nitrogens with one attached hydrogen (secondary N) is 1. The number of hydrogen-bond donors (Lipinski definition) is 1. The number of fused-ring (bicyclic) bond motifs is 2. The van der Waals surface area contributed by atoms with Crippen molar-refractivity contribution >= 4 is 17.1 Å². The molecule has 2 aromatic heterocycles. The zero-order chi connectivity index (χ0) is 25.5. The summed E-state index contributed by atoms with van der Waals surface area (Å²) in [5.41, 5.74) is 10.4. The molecule has 1 N–H and O–H groups in total. The maximum absolute atomic E-state index is 12.9. The predicted octanol–water partition coefficient (Wildman–Crippen LogP) is 4.70. The van der Waals surface area contributed by atoms with Gasteiger partial charge < -0.3 is 19.5 Å². The molecule has 4 aromatic rings. The topological polar surface area (TPSA) is 74.3 Å². The highest BCUT2D eigenvalue weighted by Gasteiger charge is 2.21. The monoisotopic (exact) mass is 495 g/mol. The van der Waals surface area contributed by atoms with Crippen LogP contribution in [0.5, 0.6) is 0 Å². The maximum atomic E-state index is 12.9. The van der Waals surface area contributed by atoms with E-state index in [1.165, 1.54) is 16.7 Å². The van der Waals surface area contributed by atoms with Gasteiger partial charge in [-0.25, -0.2) is 9.97 Å². The van der Waals surface area contributed by atoms with Gasteiger partial charge in [0.05, 0.1) is 18.5 Å². The standard InChI is InChI=1S/C30H33N5O2/c1-19-12-23(13-24-17-34(2)10-8-25(19)24)27-15-32-29-28(33-27)26(14-31-29)21-4-6-22(7-5-21)30(36)35(3)16-20-9-11-37-18-20/h4-7,12-15,20H,8-11,16-18H2,1-3H3,(H,31,32)/t20-/m0/s1. The van der Waals surface area contributed by atoms with Gasteiger partial charge >= 0.3 is 0 Å². The van der Waals surface area contributed by atoms with Crippen molar-refractivity contribution in [2.24, 2.45) is 5.92 Å². The highest BCUT2D eigenvalue weighted by molar-refractivity contribution is 5.96. The third-order valence-electron chi connectivity index (χ3n) is 7.77. The summed E-state index contributed by atoms with van der Waals surface area (Å²) in [6.45, 7) is 6.51. The first-order valence-corrected chi connectivity index (χ1v) is 13.1. The number of aryl methyl sites for hydroxylation is 1. The van der Waals surface area contributed by atoms with Crippen LogP contribution in [0.2, 0.25) is 0 Å². The SMILES string of the molecule is Cc1cc(-c2cnc3[nH]cc(-c4ccc(C(=O)N(C)C[C@@H]5CCOC5)cc4)c3n2)cc2c1CCN(C)C2. The normalized spacial score (nSPS) is 17.8. The van der Waals surface area contributed by atoms with Gasteiger partial charge in [-0.15, -0.1) is 0 Å². The third-order valence-corrected chi connectivity index (χ3v) is 7.77. The van der Waals surface area contributed by atoms with Crippen molar-refractivity contribution in [1.82, 2.24) is 24.8 Å². The summed E-state index contributed by atoms with van der Waals surface area (Å²) in [4.78, 5) is 30.1. The van der Waals surface area contributed by atoms with Crippen molar-refractivity contribution in [3.8, 4) is 22.4 Å². The number of hydrogen-bond acceptors (Lipinski definition) is 5. The zero-order valence-corrected chi connectivity index (χ0v) is 21.8. The van der Waals surface area contributed by atoms with E-state index in [-0.39, 0.29) is 5.91 Å². The van der Waals surface area contributed by atoms with Crippen LogP contribution in [-0.2, 0) is 17.7 Å². The molecule has 0 saturated carbocycles. The smallest absolute Gasteiger partial charge is 0.253 e. The number of H-pyrrole nitrogens is 1. The van der Waals surface area contributed by atoms with Crippen LogP contribution in [0, 0.1) is 12.8 Å². The predicted molar refractivity (Wildman–Crippen MR) is 145 cm³/mol. The number of nitrogens with zero attached hydrogens (tertiary/aromatic N) is 4. The molecule has 4 heterocycles. The Morgan fingerprint density at radius 3 is 2.84 bits per heavy atom. The second kappa shape index (κ2) is 9.72. The number of carbonyl (C=O) groups excluding carboxylic acids is 1. The maximum Gasteiger partial charge on any atom is 0.253 e. The molecule has 6 rings (SSSR count). The highest BCUT2D eigenvalue weighted by atomic mass is 16.5. The molecule has 1 fully saturated rings. The van der Waals surface area contributed by atoms with Crippen LogP contribution in [0.15, 0.2) is 48.8 Å². The fraction of sp³-hybridized carbons (Fsp3) is 0.367. The fourth-order valence-electron chi connectivity index (χ4n) is 5.67. The van der Waals surface area contributed by atoms with E-state index in [4.69, 9.17) is 9.72 Å². The van der Waals surface area contributed by atoms with Crippen LogP contribution in [0.3, 0.4) is 0 Å². The van der Waals surface area contributed by atoms with Gasteiger partial charge in [-0.3, -0.25) is 4.79 Å². The van der Waals surface area contributed by atoms with Crippen molar-refractivity contribution in [1.29, 1.82) is 0 Å². The summed E-state index contributed by atoms with van der Waals surface area (Å²) in [7, 11) is 4.04. The van der Waals surface area contributed by atoms with Crippen molar-refractivity contribution in [2.75, 3.05) is 40.4 Å². The molecule has 1 atom stereocenters. The molecular weight excluding hydrogens is 462 g/mol. The lowest BCUT2D eigenvalue weighted by atomic mass is 9.92. The minimum absolute atomic E-state index is 0.0351. The molecule has 2 aliphatic heterocycles. The molecule has 0 spiro atoms. The Labute approximate surface area is 217 Å². The lowest BCUT2D eigenvalue weighted by molar-refractivity contribution is 0.0766. The first kappa shape index (κ1) is 23.8. The van der Waals surface area contributed by atoms with E-state index in [9.17, 15) is 4.79 Å². The molecule has 37 heavy (non-hydrogen) atoms. The number of amides is 1. The molecule has 190 valence electrons. The van der Waals surface area contributed by atoms with Gasteiger partial charge in [-0.2, -0.15) is 0 Å². The second-order valence-electron chi connectivity index (χ2n) is 10.6. The summed E-state index contributed by atoms with van der Waals surface area (Å²) >= 11 is 0. The van der Waals surface area contributed by atoms with Gasteiger partial charge in [0.1, 0.15) is 5.52 Å². The lowest BCUT2D eigenvalue weighted by Gasteiger charge is -2.27. The summed E-state index contributed by atoms with van der Waals surface area (Å²) in [5.74, 6) is 0.458. The van der Waals surface area contributed by atoms with Crippen LogP contribution in [0.25, 0.3) is 33.5 Å². The molecule has 7 nitrogen and oxygen atoms in total. The van der Waals surface area contributed by atoms with E-state index < -0.39 is 0 Å². The van der Waals surface area contributed by atoms with Crippen molar-refractivity contribution in [3.05, 3.63) is 71.0 Å². The summed E-state index contributed by atoms with van der Waals surface area (Å²) in [6.07, 6.45) is 5.91. The van der Waals surface area contributed by atoms with E-state index >= 15 is 0 Å². The van der Waals surface area contributed by atoms with Crippen molar-refractivity contribution in [2.45, 2.75) is 26.3 Å². The minimum Gasteiger partial charge on any atom is -0.381 e. The number of aromatic amines is 1. The Morgan fingerprint density at radius 2 is 2.05 bits per heavy atom. The third kappa shape index (κ3) is 4.65. The van der Waals surface area contributed by atoms with E-state index in [1.807, 2.05) is 43.7 Å². The molecular formula is C30H33N5O2. The molecule has 2 aromatic carbocycles. The lowest BCUT2D eigenvalue weighted by Crippen LogP contribution is -2.32. The van der Waals surface area contributed by atoms with E-state index in [2.05, 4.69) is 41.0 Å². The van der Waals surface area contributed by atoms with Gasteiger partial charge in [0.2, 0.25) is 0 Å². The quantitative estimate of drug-likeness (QED) is 0.435. The van der Waals surface area contributed by atoms with Crippen LogP contribution >= 0.6 is 0 Å². The highest BCUT2D eigenvalue weighted by Crippen LogP contribution is 2.31. The summed E-state index contributed by atoms with van der Waals surface area (Å²) < 4.78 is 5.45. The summed E-state index contributed by atoms with van der Waals surface area (Å²) in [6, 6.07) is 12.3. The molecule has 2 aliphatic rings. The molecule has 0 aliphatic carbocycles. The van der Waals surface area contributed by atoms with E-state index in [1.54, 1.807) is 4.90 Å². The Hall–Kier alpha value is -3.55. The largest absolute Gasteiger partial charge is 0.381 e. The number of benzene rings is 2. The fourth-order valence-corrected chi connectivity index (χ4v) is 5.67. The zero-order valence-electron chi connectivity index (χ0n) is 21.8. The van der Waals surface area contributed by atoms with Crippen LogP contribution in [-0.4, -0.2) is 71.1 Å². The van der Waals surface area contributed by atoms with Gasteiger partial charge in [-0.1, -0.05) is 12.1 Å². The molecule has 0 bridgehead atoms. The Balaban J connectivity index is 1.27. The molecule has 1 saturated heterocycles. The van der Waals surface area contributed by atoms with Gasteiger partial charge in [-0.05, 0) is 73.3 Å². The van der Waals surface area contributed by atoms with E-state index in [0.29, 0.717) is 11.5 Å². The molecule has 7 heteroatoms. The first-order chi connectivity index (χ1) is 18.0. The first-order valence-electron chi connectivity index (χ1n) is 13.1. The second-order valence-corrected chi connectivity index (χ2v) is 10.6. The number of carbonyl (C=O) groups is 1. The van der Waals surface area contributed by atoms with Gasteiger partial charge in [0.15, 0.2) is 5.65 Å². The van der Waals surface area contributed by atoms with Crippen LogP contribution in [0.1, 0.15) is 33.5 Å². The van der Waals surface area contributed by atoms with Gasteiger partial charge in [0, 0.05) is 62.1 Å². The average molecular weight is 496 g/mol. The summed E-state index contributed by atoms with van der Waals surface area (Å²) in [5, 5.41) is 0. The van der Waals surface area contributed by atoms with Crippen LogP contribution < -0.4 is 0 Å².